The van der Waals surface area contributed by atoms with E-state index in [2.05, 4.69) is 10.1 Å². The molecule has 0 spiro atoms. The molecule has 1 amide bonds. The molecule has 0 atom stereocenters. The predicted molar refractivity (Wildman–Crippen MR) is 122 cm³/mol. The maximum atomic E-state index is 13.5. The lowest BCUT2D eigenvalue weighted by Crippen LogP contribution is -2.26. The van der Waals surface area contributed by atoms with Crippen molar-refractivity contribution in [2.75, 3.05) is 21.3 Å². The number of rotatable bonds is 8. The molecule has 0 N–H and O–H groups in total. The molecule has 0 aliphatic heterocycles. The molecular weight excluding hydrogens is 422 g/mol. The van der Waals surface area contributed by atoms with E-state index in [9.17, 15) is 4.79 Å². The number of nitrogens with zero attached hydrogens (tertiary/aromatic N) is 5. The molecule has 170 valence electrons. The van der Waals surface area contributed by atoms with Gasteiger partial charge in [0.05, 0.1) is 32.0 Å². The van der Waals surface area contributed by atoms with Crippen LogP contribution in [0.2, 0.25) is 0 Å². The zero-order valence-corrected chi connectivity index (χ0v) is 19.0. The summed E-state index contributed by atoms with van der Waals surface area (Å²) in [6.45, 7) is 2.12. The summed E-state index contributed by atoms with van der Waals surface area (Å²) >= 11 is 0. The average Bonchev–Trinajstić information content (AvgIpc) is 3.51. The van der Waals surface area contributed by atoms with Crippen molar-refractivity contribution in [2.45, 2.75) is 19.9 Å². The van der Waals surface area contributed by atoms with Crippen molar-refractivity contribution < 1.29 is 18.8 Å². The number of aryl methyl sites for hydroxylation is 1. The molecule has 0 saturated carbocycles. The van der Waals surface area contributed by atoms with Crippen LogP contribution in [-0.2, 0) is 13.0 Å². The first-order valence-corrected chi connectivity index (χ1v) is 10.5. The highest BCUT2D eigenvalue weighted by atomic mass is 16.5. The van der Waals surface area contributed by atoms with Crippen molar-refractivity contribution in [3.63, 3.8) is 0 Å². The Kier molecular flexibility index (Phi) is 6.39. The van der Waals surface area contributed by atoms with Crippen LogP contribution in [0.3, 0.4) is 0 Å². The third-order valence-electron chi connectivity index (χ3n) is 5.17. The Labute approximate surface area is 191 Å². The highest BCUT2D eigenvalue weighted by molar-refractivity contribution is 6.00. The van der Waals surface area contributed by atoms with Crippen LogP contribution in [0.5, 0.6) is 11.5 Å². The van der Waals surface area contributed by atoms with Crippen LogP contribution in [0.1, 0.15) is 29.0 Å². The highest BCUT2D eigenvalue weighted by Gasteiger charge is 2.25. The smallest absolute Gasteiger partial charge is 0.257 e. The van der Waals surface area contributed by atoms with Crippen LogP contribution in [0.4, 0.5) is 0 Å². The minimum Gasteiger partial charge on any atom is -0.497 e. The van der Waals surface area contributed by atoms with Crippen molar-refractivity contribution in [2.24, 2.45) is 0 Å². The topological polar surface area (TPSA) is 95.5 Å². The van der Waals surface area contributed by atoms with E-state index in [4.69, 9.17) is 19.1 Å². The van der Waals surface area contributed by atoms with Gasteiger partial charge in [-0.3, -0.25) is 4.79 Å². The van der Waals surface area contributed by atoms with E-state index in [-0.39, 0.29) is 12.5 Å². The van der Waals surface area contributed by atoms with Gasteiger partial charge in [0.1, 0.15) is 17.2 Å². The van der Waals surface area contributed by atoms with Gasteiger partial charge in [-0.1, -0.05) is 30.3 Å². The molecular formula is C24H25N5O4. The Morgan fingerprint density at radius 1 is 1.12 bits per heavy atom. The third-order valence-corrected chi connectivity index (χ3v) is 5.17. The minimum atomic E-state index is -0.235. The molecule has 4 rings (SSSR count). The molecule has 0 aliphatic rings. The van der Waals surface area contributed by atoms with E-state index in [1.807, 2.05) is 49.4 Å². The summed E-state index contributed by atoms with van der Waals surface area (Å²) in [5.74, 6) is 1.94. The number of carbonyl (C=O) groups is 1. The predicted octanol–water partition coefficient (Wildman–Crippen LogP) is 3.77. The minimum absolute atomic E-state index is 0.182. The lowest BCUT2D eigenvalue weighted by atomic mass is 10.1. The molecule has 0 radical (unpaired) electrons. The standard InChI is InChI=1S/C24H25N5O4/c1-5-21-25-22(33-27-21)15-28(2)24(30)19-14-29(16-9-7-6-8-10-16)26-23(19)18-12-11-17(31-3)13-20(18)32-4/h6-14H,5,15H2,1-4H3. The SMILES string of the molecule is CCc1noc(CN(C)C(=O)c2cn(-c3ccccc3)nc2-c2ccc(OC)cc2OC)n1. The highest BCUT2D eigenvalue weighted by Crippen LogP contribution is 2.35. The van der Waals surface area contributed by atoms with Gasteiger partial charge in [-0.25, -0.2) is 4.68 Å². The first-order chi connectivity index (χ1) is 16.0. The second-order valence-electron chi connectivity index (χ2n) is 7.36. The Balaban J connectivity index is 1.76. The van der Waals surface area contributed by atoms with Crippen molar-refractivity contribution >= 4 is 5.91 Å². The van der Waals surface area contributed by atoms with E-state index in [1.165, 1.54) is 4.90 Å². The normalized spacial score (nSPS) is 10.8. The molecule has 2 heterocycles. The fourth-order valence-electron chi connectivity index (χ4n) is 3.41. The van der Waals surface area contributed by atoms with Gasteiger partial charge in [0.2, 0.25) is 5.89 Å². The van der Waals surface area contributed by atoms with Crippen LogP contribution in [0, 0.1) is 0 Å². The summed E-state index contributed by atoms with van der Waals surface area (Å²) in [6.07, 6.45) is 2.38. The molecule has 0 saturated heterocycles. The molecule has 2 aromatic carbocycles. The second kappa shape index (κ2) is 9.56. The molecule has 0 unspecified atom stereocenters. The molecule has 9 heteroatoms. The van der Waals surface area contributed by atoms with Gasteiger partial charge >= 0.3 is 0 Å². The van der Waals surface area contributed by atoms with Crippen LogP contribution in [-0.4, -0.2) is 52.0 Å². The Morgan fingerprint density at radius 3 is 2.58 bits per heavy atom. The van der Waals surface area contributed by atoms with E-state index in [0.717, 1.165) is 5.69 Å². The van der Waals surface area contributed by atoms with Gasteiger partial charge in [0, 0.05) is 31.3 Å². The molecule has 2 aromatic heterocycles. The molecule has 4 aromatic rings. The van der Waals surface area contributed by atoms with Gasteiger partial charge in [-0.05, 0) is 24.3 Å². The van der Waals surface area contributed by atoms with Crippen molar-refractivity contribution in [1.29, 1.82) is 0 Å². The number of carbonyl (C=O) groups excluding carboxylic acids is 1. The molecule has 33 heavy (non-hydrogen) atoms. The van der Waals surface area contributed by atoms with E-state index < -0.39 is 0 Å². The van der Waals surface area contributed by atoms with Crippen molar-refractivity contribution in [3.8, 4) is 28.4 Å². The van der Waals surface area contributed by atoms with E-state index >= 15 is 0 Å². The summed E-state index contributed by atoms with van der Waals surface area (Å²) in [4.78, 5) is 19.3. The maximum Gasteiger partial charge on any atom is 0.257 e. The number of amides is 1. The lowest BCUT2D eigenvalue weighted by molar-refractivity contribution is 0.0770. The van der Waals surface area contributed by atoms with Gasteiger partial charge in [0.15, 0.2) is 5.82 Å². The van der Waals surface area contributed by atoms with Gasteiger partial charge in [-0.2, -0.15) is 10.1 Å². The molecule has 9 nitrogen and oxygen atoms in total. The number of hydrogen-bond acceptors (Lipinski definition) is 7. The summed E-state index contributed by atoms with van der Waals surface area (Å²) in [7, 11) is 4.85. The maximum absolute atomic E-state index is 13.5. The first-order valence-electron chi connectivity index (χ1n) is 10.5. The molecule has 0 fully saturated rings. The molecule has 0 bridgehead atoms. The molecule has 0 aliphatic carbocycles. The second-order valence-corrected chi connectivity index (χ2v) is 7.36. The first kappa shape index (κ1) is 22.1. The Morgan fingerprint density at radius 2 is 1.91 bits per heavy atom. The lowest BCUT2D eigenvalue weighted by Gasteiger charge is -2.15. The van der Waals surface area contributed by atoms with E-state index in [0.29, 0.717) is 46.5 Å². The van der Waals surface area contributed by atoms with E-state index in [1.54, 1.807) is 38.2 Å². The zero-order chi connectivity index (χ0) is 23.4. The fourth-order valence-corrected chi connectivity index (χ4v) is 3.41. The number of ether oxygens (including phenoxy) is 2. The zero-order valence-electron chi connectivity index (χ0n) is 19.0. The Bertz CT molecular complexity index is 1250. The number of para-hydroxylation sites is 1. The van der Waals surface area contributed by atoms with Crippen LogP contribution in [0.15, 0.2) is 59.3 Å². The average molecular weight is 447 g/mol. The quantitative estimate of drug-likeness (QED) is 0.406. The number of methoxy groups -OCH3 is 2. The summed E-state index contributed by atoms with van der Waals surface area (Å²) in [5.41, 5.74) is 2.42. The van der Waals surface area contributed by atoms with Crippen molar-refractivity contribution in [3.05, 3.63) is 72.0 Å². The number of aromatic nitrogens is 4. The Hall–Kier alpha value is -4.14. The summed E-state index contributed by atoms with van der Waals surface area (Å²) in [6, 6.07) is 15.0. The fraction of sp³-hybridized carbons (Fsp3) is 0.250. The van der Waals surface area contributed by atoms with Crippen molar-refractivity contribution in [1.82, 2.24) is 24.8 Å². The summed E-state index contributed by atoms with van der Waals surface area (Å²) in [5, 5.41) is 8.64. The monoisotopic (exact) mass is 447 g/mol. The largest absolute Gasteiger partial charge is 0.497 e. The van der Waals surface area contributed by atoms with Crippen LogP contribution >= 0.6 is 0 Å². The third kappa shape index (κ3) is 4.57. The number of benzene rings is 2. The number of hydrogen-bond donors (Lipinski definition) is 0. The van der Waals surface area contributed by atoms with Gasteiger partial charge < -0.3 is 18.9 Å². The van der Waals surface area contributed by atoms with Crippen LogP contribution < -0.4 is 9.47 Å². The van der Waals surface area contributed by atoms with Crippen LogP contribution in [0.25, 0.3) is 16.9 Å². The summed E-state index contributed by atoms with van der Waals surface area (Å²) < 4.78 is 17.8. The van der Waals surface area contributed by atoms with Gasteiger partial charge in [0.25, 0.3) is 5.91 Å². The van der Waals surface area contributed by atoms with Gasteiger partial charge in [-0.15, -0.1) is 0 Å².